The summed E-state index contributed by atoms with van der Waals surface area (Å²) >= 11 is 13.0. The Balaban J connectivity index is 1.86. The number of nitrogens with zero attached hydrogens (tertiary/aromatic N) is 1. The second-order valence-electron chi connectivity index (χ2n) is 5.45. The van der Waals surface area contributed by atoms with Crippen LogP contribution in [0.5, 0.6) is 0 Å². The number of amides is 2. The van der Waals surface area contributed by atoms with Crippen molar-refractivity contribution >= 4 is 57.5 Å². The highest BCUT2D eigenvalue weighted by atomic mass is 35.5. The van der Waals surface area contributed by atoms with Gasteiger partial charge in [-0.3, -0.25) is 9.59 Å². The van der Waals surface area contributed by atoms with Crippen LogP contribution in [0.15, 0.2) is 36.4 Å². The molecule has 7 heteroatoms. The largest absolute Gasteiger partial charge is 0.364 e. The summed E-state index contributed by atoms with van der Waals surface area (Å²) in [4.78, 5) is 26.1. The molecule has 2 amide bonds. The first kappa shape index (κ1) is 17.1. The molecule has 0 aliphatic carbocycles. The van der Waals surface area contributed by atoms with Gasteiger partial charge in [-0.1, -0.05) is 35.3 Å². The van der Waals surface area contributed by atoms with Crippen molar-refractivity contribution in [3.05, 3.63) is 57.6 Å². The van der Waals surface area contributed by atoms with Gasteiger partial charge >= 0.3 is 0 Å². The summed E-state index contributed by atoms with van der Waals surface area (Å²) in [5, 5.41) is 2.64. The van der Waals surface area contributed by atoms with Gasteiger partial charge in [0.2, 0.25) is 0 Å². The van der Waals surface area contributed by atoms with E-state index in [1.165, 1.54) is 4.90 Å². The monoisotopic (exact) mass is 380 g/mol. The number of benzene rings is 2. The van der Waals surface area contributed by atoms with Crippen molar-refractivity contribution < 1.29 is 9.59 Å². The van der Waals surface area contributed by atoms with Crippen LogP contribution < -0.4 is 10.2 Å². The number of imide groups is 1. The first-order valence-corrected chi connectivity index (χ1v) is 8.84. The molecule has 0 aromatic heterocycles. The molecule has 0 radical (unpaired) electrons. The molecule has 24 heavy (non-hydrogen) atoms. The van der Waals surface area contributed by atoms with Crippen LogP contribution in [0.1, 0.15) is 11.1 Å². The van der Waals surface area contributed by atoms with Crippen LogP contribution in [0.25, 0.3) is 0 Å². The summed E-state index contributed by atoms with van der Waals surface area (Å²) in [6.07, 6.45) is 0. The Morgan fingerprint density at radius 2 is 1.83 bits per heavy atom. The number of carbonyl (C=O) groups is 2. The molecule has 1 unspecified atom stereocenters. The predicted molar refractivity (Wildman–Crippen MR) is 100 cm³/mol. The predicted octanol–water partition coefficient (Wildman–Crippen LogP) is 5.25. The second-order valence-corrected chi connectivity index (χ2v) is 7.29. The van der Waals surface area contributed by atoms with Gasteiger partial charge in [0, 0.05) is 0 Å². The average Bonchev–Trinajstić information content (AvgIpc) is 2.81. The van der Waals surface area contributed by atoms with E-state index in [0.29, 0.717) is 21.4 Å². The third kappa shape index (κ3) is 3.11. The summed E-state index contributed by atoms with van der Waals surface area (Å²) in [6.45, 7) is 3.92. The molecule has 2 aromatic rings. The zero-order valence-corrected chi connectivity index (χ0v) is 15.3. The topological polar surface area (TPSA) is 49.4 Å². The summed E-state index contributed by atoms with van der Waals surface area (Å²) < 4.78 is 0. The maximum Gasteiger partial charge on any atom is 0.295 e. The van der Waals surface area contributed by atoms with Crippen molar-refractivity contribution in [3.63, 3.8) is 0 Å². The van der Waals surface area contributed by atoms with Gasteiger partial charge in [0.15, 0.2) is 5.37 Å². The summed E-state index contributed by atoms with van der Waals surface area (Å²) in [5.74, 6) is -0.329. The average molecular weight is 381 g/mol. The Morgan fingerprint density at radius 1 is 1.08 bits per heavy atom. The quantitative estimate of drug-likeness (QED) is 0.789. The molecule has 1 saturated heterocycles. The molecular formula is C17H14Cl2N2O2S. The first-order valence-electron chi connectivity index (χ1n) is 7.21. The third-order valence-electron chi connectivity index (χ3n) is 3.83. The lowest BCUT2D eigenvalue weighted by Gasteiger charge is -2.16. The maximum absolute atomic E-state index is 12.7. The van der Waals surface area contributed by atoms with Crippen LogP contribution in [-0.2, 0) is 4.79 Å². The van der Waals surface area contributed by atoms with E-state index >= 15 is 0 Å². The number of anilines is 2. The molecule has 4 nitrogen and oxygen atoms in total. The van der Waals surface area contributed by atoms with Crippen molar-refractivity contribution in [2.24, 2.45) is 0 Å². The van der Waals surface area contributed by atoms with E-state index in [1.54, 1.807) is 24.3 Å². The molecule has 124 valence electrons. The molecule has 2 aromatic carbocycles. The van der Waals surface area contributed by atoms with Crippen LogP contribution in [-0.4, -0.2) is 16.5 Å². The summed E-state index contributed by atoms with van der Waals surface area (Å²) in [7, 11) is 0. The minimum Gasteiger partial charge on any atom is -0.364 e. The lowest BCUT2D eigenvalue weighted by molar-refractivity contribution is -0.116. The molecule has 0 saturated carbocycles. The Kier molecular flexibility index (Phi) is 4.76. The number of nitrogens with one attached hydrogen (secondary N) is 1. The van der Waals surface area contributed by atoms with Gasteiger partial charge in [0.1, 0.15) is 0 Å². The van der Waals surface area contributed by atoms with Gasteiger partial charge in [-0.25, -0.2) is 4.90 Å². The number of hydrogen-bond donors (Lipinski definition) is 1. The Hall–Kier alpha value is -1.69. The lowest BCUT2D eigenvalue weighted by Crippen LogP contribution is -2.34. The van der Waals surface area contributed by atoms with Crippen LogP contribution in [0.2, 0.25) is 10.0 Å². The van der Waals surface area contributed by atoms with E-state index in [1.807, 2.05) is 26.0 Å². The van der Waals surface area contributed by atoms with Crippen molar-refractivity contribution in [1.82, 2.24) is 0 Å². The van der Waals surface area contributed by atoms with Crippen molar-refractivity contribution in [3.8, 4) is 0 Å². The van der Waals surface area contributed by atoms with Gasteiger partial charge < -0.3 is 5.32 Å². The Morgan fingerprint density at radius 3 is 2.54 bits per heavy atom. The molecule has 1 aliphatic heterocycles. The van der Waals surface area contributed by atoms with Crippen LogP contribution in [0.3, 0.4) is 0 Å². The van der Waals surface area contributed by atoms with Crippen molar-refractivity contribution in [2.75, 3.05) is 10.2 Å². The minimum atomic E-state index is -0.741. The fourth-order valence-corrected chi connectivity index (χ4v) is 3.61. The molecule has 1 atom stereocenters. The molecule has 0 bridgehead atoms. The van der Waals surface area contributed by atoms with E-state index in [-0.39, 0.29) is 11.1 Å². The van der Waals surface area contributed by atoms with Gasteiger partial charge in [0.25, 0.3) is 11.1 Å². The number of halogens is 2. The van der Waals surface area contributed by atoms with Gasteiger partial charge in [-0.2, -0.15) is 0 Å². The molecule has 1 aliphatic rings. The molecule has 0 spiro atoms. The molecule has 3 rings (SSSR count). The molecular weight excluding hydrogens is 367 g/mol. The smallest absolute Gasteiger partial charge is 0.295 e. The van der Waals surface area contributed by atoms with Gasteiger partial charge in [0.05, 0.1) is 21.4 Å². The number of thioether (sulfide) groups is 1. The summed E-state index contributed by atoms with van der Waals surface area (Å²) in [6, 6.07) is 10.6. The zero-order valence-electron chi connectivity index (χ0n) is 13.0. The fourth-order valence-electron chi connectivity index (χ4n) is 2.36. The zero-order chi connectivity index (χ0) is 17.4. The standard InChI is InChI=1S/C17H14Cl2N2O2S/c1-9-6-7-11(8-10(9)2)21-16(22)15(24-17(21)23)20-13-5-3-4-12(18)14(13)19/h3-8,15,20H,1-2H3. The number of carbonyl (C=O) groups excluding carboxylic acids is 2. The minimum absolute atomic E-state index is 0.320. The highest BCUT2D eigenvalue weighted by molar-refractivity contribution is 8.16. The number of hydrogen-bond acceptors (Lipinski definition) is 4. The molecule has 1 heterocycles. The van der Waals surface area contributed by atoms with E-state index in [9.17, 15) is 9.59 Å². The van der Waals surface area contributed by atoms with Crippen molar-refractivity contribution in [1.29, 1.82) is 0 Å². The van der Waals surface area contributed by atoms with E-state index in [2.05, 4.69) is 5.32 Å². The first-order chi connectivity index (χ1) is 11.4. The maximum atomic E-state index is 12.7. The number of aryl methyl sites for hydroxylation is 2. The van der Waals surface area contributed by atoms with E-state index in [0.717, 1.165) is 22.9 Å². The highest BCUT2D eigenvalue weighted by Crippen LogP contribution is 2.36. The van der Waals surface area contributed by atoms with Crippen LogP contribution >= 0.6 is 35.0 Å². The fraction of sp³-hybridized carbons (Fsp3) is 0.176. The highest BCUT2D eigenvalue weighted by Gasteiger charge is 2.41. The number of rotatable bonds is 3. The lowest BCUT2D eigenvalue weighted by atomic mass is 10.1. The SMILES string of the molecule is Cc1ccc(N2C(=O)SC(Nc3cccc(Cl)c3Cl)C2=O)cc1C. The second kappa shape index (κ2) is 6.67. The molecule has 1 fully saturated rings. The summed E-state index contributed by atoms with van der Waals surface area (Å²) in [5.41, 5.74) is 3.21. The Bertz CT molecular complexity index is 841. The van der Waals surface area contributed by atoms with E-state index in [4.69, 9.17) is 23.2 Å². The Labute approximate surface area is 154 Å². The van der Waals surface area contributed by atoms with Crippen LogP contribution in [0.4, 0.5) is 16.2 Å². The molecule has 1 N–H and O–H groups in total. The van der Waals surface area contributed by atoms with Crippen LogP contribution in [0, 0.1) is 13.8 Å². The van der Waals surface area contributed by atoms with Gasteiger partial charge in [-0.15, -0.1) is 0 Å². The van der Waals surface area contributed by atoms with Crippen molar-refractivity contribution in [2.45, 2.75) is 19.2 Å². The van der Waals surface area contributed by atoms with E-state index < -0.39 is 5.37 Å². The third-order valence-corrected chi connectivity index (χ3v) is 5.59. The normalized spacial score (nSPS) is 17.5. The van der Waals surface area contributed by atoms with Gasteiger partial charge in [-0.05, 0) is 61.0 Å².